The summed E-state index contributed by atoms with van der Waals surface area (Å²) in [4.78, 5) is 4.94. The van der Waals surface area contributed by atoms with Gasteiger partial charge in [0.1, 0.15) is 0 Å². The Labute approximate surface area is 141 Å². The van der Waals surface area contributed by atoms with Gasteiger partial charge < -0.3 is 10.3 Å². The Balaban J connectivity index is 2.19. The van der Waals surface area contributed by atoms with E-state index in [-0.39, 0.29) is 0 Å². The van der Waals surface area contributed by atoms with Crippen molar-refractivity contribution in [2.45, 2.75) is 18.6 Å². The third kappa shape index (κ3) is 3.33. The number of imidazole rings is 1. The summed E-state index contributed by atoms with van der Waals surface area (Å²) >= 11 is 1.72. The molecule has 0 spiro atoms. The van der Waals surface area contributed by atoms with Crippen molar-refractivity contribution in [1.82, 2.24) is 9.55 Å². The molecule has 0 bridgehead atoms. The molecule has 4 heteroatoms. The molecule has 0 atom stereocenters. The zero-order valence-corrected chi connectivity index (χ0v) is 14.1. The lowest BCUT2D eigenvalue weighted by molar-refractivity contribution is 0.687. The second kappa shape index (κ2) is 7.49. The summed E-state index contributed by atoms with van der Waals surface area (Å²) in [5, 5.41) is 1.04. The van der Waals surface area contributed by atoms with Crippen LogP contribution < -0.4 is 5.73 Å². The molecular weight excluding hydrogens is 302 g/mol. The lowest BCUT2D eigenvalue weighted by atomic mass is 10.0. The van der Waals surface area contributed by atoms with Crippen molar-refractivity contribution in [2.24, 2.45) is 5.73 Å². The summed E-state index contributed by atoms with van der Waals surface area (Å²) in [6.07, 6.45) is 0. The summed E-state index contributed by atoms with van der Waals surface area (Å²) in [6.45, 7) is 3.70. The number of nitrogens with two attached hydrogens (primary N) is 1. The Bertz CT molecular complexity index is 751. The quantitative estimate of drug-likeness (QED) is 0.688. The molecule has 0 amide bonds. The first-order valence-electron chi connectivity index (χ1n) is 7.89. The van der Waals surface area contributed by atoms with Gasteiger partial charge in [0.25, 0.3) is 0 Å². The van der Waals surface area contributed by atoms with Crippen molar-refractivity contribution in [3.8, 4) is 22.5 Å². The number of nitrogens with zero attached hydrogens (tertiary/aromatic N) is 2. The van der Waals surface area contributed by atoms with Crippen molar-refractivity contribution in [2.75, 3.05) is 12.3 Å². The molecule has 0 saturated heterocycles. The molecule has 0 unspecified atom stereocenters. The molecule has 0 saturated carbocycles. The third-order valence-electron chi connectivity index (χ3n) is 3.69. The summed E-state index contributed by atoms with van der Waals surface area (Å²) in [5.41, 5.74) is 10.2. The molecule has 23 heavy (non-hydrogen) atoms. The minimum atomic E-state index is 0.655. The lowest BCUT2D eigenvalue weighted by Crippen LogP contribution is -2.04. The molecule has 1 heterocycles. The van der Waals surface area contributed by atoms with Crippen LogP contribution in [0.4, 0.5) is 0 Å². The smallest absolute Gasteiger partial charge is 0.169 e. The molecule has 3 aromatic rings. The molecule has 2 aromatic carbocycles. The molecule has 0 aliphatic heterocycles. The Morgan fingerprint density at radius 1 is 0.957 bits per heavy atom. The van der Waals surface area contributed by atoms with Crippen molar-refractivity contribution in [1.29, 1.82) is 0 Å². The maximum Gasteiger partial charge on any atom is 0.169 e. The van der Waals surface area contributed by atoms with Gasteiger partial charge in [-0.25, -0.2) is 4.98 Å². The largest absolute Gasteiger partial charge is 0.330 e. The zero-order chi connectivity index (χ0) is 16.1. The van der Waals surface area contributed by atoms with Crippen LogP contribution in [0.2, 0.25) is 0 Å². The van der Waals surface area contributed by atoms with E-state index in [9.17, 15) is 0 Å². The lowest BCUT2D eigenvalue weighted by Gasteiger charge is -2.10. The molecule has 0 fully saturated rings. The normalized spacial score (nSPS) is 10.9. The predicted octanol–water partition coefficient (Wildman–Crippen LogP) is 4.29. The van der Waals surface area contributed by atoms with Crippen LogP contribution in [0.15, 0.2) is 65.8 Å². The summed E-state index contributed by atoms with van der Waals surface area (Å²) in [6, 6.07) is 20.9. The molecule has 3 rings (SSSR count). The fraction of sp³-hybridized carbons (Fsp3) is 0.211. The Morgan fingerprint density at radius 3 is 2.13 bits per heavy atom. The fourth-order valence-electron chi connectivity index (χ4n) is 2.67. The standard InChI is InChI=1S/C19H21N3S/c1-2-22-18(16-11-7-4-8-12-16)17(15-9-5-3-6-10-15)21-19(22)23-14-13-20/h3-12H,2,13-14,20H2,1H3. The Hall–Kier alpha value is -2.04. The average molecular weight is 323 g/mol. The average Bonchev–Trinajstić information content (AvgIpc) is 3.00. The van der Waals surface area contributed by atoms with Gasteiger partial charge in [-0.2, -0.15) is 0 Å². The van der Waals surface area contributed by atoms with Crippen molar-refractivity contribution < 1.29 is 0 Å². The van der Waals surface area contributed by atoms with Crippen LogP contribution in [0, 0.1) is 0 Å². The highest BCUT2D eigenvalue weighted by Gasteiger charge is 2.19. The van der Waals surface area contributed by atoms with Gasteiger partial charge in [0.15, 0.2) is 5.16 Å². The minimum Gasteiger partial charge on any atom is -0.330 e. The Kier molecular flexibility index (Phi) is 5.16. The van der Waals surface area contributed by atoms with Gasteiger partial charge in [-0.1, -0.05) is 72.4 Å². The number of aromatic nitrogens is 2. The minimum absolute atomic E-state index is 0.655. The number of benzene rings is 2. The molecule has 1 aromatic heterocycles. The van der Waals surface area contributed by atoms with Gasteiger partial charge in [0.2, 0.25) is 0 Å². The first-order chi connectivity index (χ1) is 11.3. The van der Waals surface area contributed by atoms with Crippen LogP contribution in [0.1, 0.15) is 6.92 Å². The SMILES string of the molecule is CCn1c(SCCN)nc(-c2ccccc2)c1-c1ccccc1. The first kappa shape index (κ1) is 15.8. The van der Waals surface area contributed by atoms with E-state index in [1.807, 2.05) is 12.1 Å². The van der Waals surface area contributed by atoms with E-state index >= 15 is 0 Å². The van der Waals surface area contributed by atoms with E-state index in [4.69, 9.17) is 10.7 Å². The molecule has 2 N–H and O–H groups in total. The van der Waals surface area contributed by atoms with Crippen LogP contribution in [-0.4, -0.2) is 21.8 Å². The van der Waals surface area contributed by atoms with Crippen LogP contribution in [0.3, 0.4) is 0 Å². The van der Waals surface area contributed by atoms with E-state index in [2.05, 4.69) is 60.0 Å². The Morgan fingerprint density at radius 2 is 1.57 bits per heavy atom. The van der Waals surface area contributed by atoms with E-state index < -0.39 is 0 Å². The predicted molar refractivity (Wildman–Crippen MR) is 98.6 cm³/mol. The molecule has 0 aliphatic carbocycles. The topological polar surface area (TPSA) is 43.8 Å². The van der Waals surface area contributed by atoms with Gasteiger partial charge in [0, 0.05) is 30.0 Å². The van der Waals surface area contributed by atoms with Gasteiger partial charge in [-0.05, 0) is 6.92 Å². The molecule has 0 aliphatic rings. The fourth-order valence-corrected chi connectivity index (χ4v) is 3.50. The maximum absolute atomic E-state index is 5.68. The number of rotatable bonds is 6. The summed E-state index contributed by atoms with van der Waals surface area (Å²) in [5.74, 6) is 0.874. The highest BCUT2D eigenvalue weighted by Crippen LogP contribution is 2.35. The van der Waals surface area contributed by atoms with Crippen LogP contribution in [0.25, 0.3) is 22.5 Å². The van der Waals surface area contributed by atoms with Crippen molar-refractivity contribution in [3.63, 3.8) is 0 Å². The maximum atomic E-state index is 5.68. The van der Waals surface area contributed by atoms with Gasteiger partial charge in [-0.3, -0.25) is 0 Å². The molecule has 118 valence electrons. The van der Waals surface area contributed by atoms with E-state index in [0.29, 0.717) is 6.54 Å². The zero-order valence-electron chi connectivity index (χ0n) is 13.3. The highest BCUT2D eigenvalue weighted by atomic mass is 32.2. The van der Waals surface area contributed by atoms with Gasteiger partial charge in [0.05, 0.1) is 11.4 Å². The van der Waals surface area contributed by atoms with Crippen molar-refractivity contribution in [3.05, 3.63) is 60.7 Å². The second-order valence-electron chi connectivity index (χ2n) is 5.21. The number of thioether (sulfide) groups is 1. The van der Waals surface area contributed by atoms with Gasteiger partial charge in [-0.15, -0.1) is 0 Å². The van der Waals surface area contributed by atoms with E-state index in [1.54, 1.807) is 11.8 Å². The van der Waals surface area contributed by atoms with Crippen LogP contribution >= 0.6 is 11.8 Å². The van der Waals surface area contributed by atoms with E-state index in [0.717, 1.165) is 28.7 Å². The number of hydrogen-bond donors (Lipinski definition) is 1. The summed E-state index contributed by atoms with van der Waals surface area (Å²) in [7, 11) is 0. The first-order valence-corrected chi connectivity index (χ1v) is 8.88. The second-order valence-corrected chi connectivity index (χ2v) is 6.27. The van der Waals surface area contributed by atoms with Crippen LogP contribution in [-0.2, 0) is 6.54 Å². The summed E-state index contributed by atoms with van der Waals surface area (Å²) < 4.78 is 2.29. The number of hydrogen-bond acceptors (Lipinski definition) is 3. The molecule has 0 radical (unpaired) electrons. The van der Waals surface area contributed by atoms with Crippen LogP contribution in [0.5, 0.6) is 0 Å². The van der Waals surface area contributed by atoms with Crippen molar-refractivity contribution >= 4 is 11.8 Å². The van der Waals surface area contributed by atoms with Gasteiger partial charge >= 0.3 is 0 Å². The highest BCUT2D eigenvalue weighted by molar-refractivity contribution is 7.99. The monoisotopic (exact) mass is 323 g/mol. The van der Waals surface area contributed by atoms with E-state index in [1.165, 1.54) is 11.3 Å². The third-order valence-corrected chi connectivity index (χ3v) is 4.70. The molecule has 3 nitrogen and oxygen atoms in total. The molecular formula is C19H21N3S.